The maximum Gasteiger partial charge on any atom is 0.306 e. The van der Waals surface area contributed by atoms with Gasteiger partial charge < -0.3 is 27.9 Å². The molecule has 0 aliphatic carbocycles. The number of esters is 2. The Labute approximate surface area is 339 Å². The Morgan fingerprint density at radius 2 is 0.927 bits per heavy atom. The number of allylic oxidation sites excluding steroid dienone is 4. The molecule has 0 heterocycles. The van der Waals surface area contributed by atoms with Gasteiger partial charge in [0.1, 0.15) is 19.8 Å². The van der Waals surface area contributed by atoms with Crippen LogP contribution in [-0.4, -0.2) is 70.0 Å². The lowest BCUT2D eigenvalue weighted by Gasteiger charge is -2.28. The van der Waals surface area contributed by atoms with Crippen LogP contribution in [0.1, 0.15) is 200 Å². The monoisotopic (exact) mass is 800 g/mol. The number of carbonyl (C=O) groups is 2. The number of rotatable bonds is 41. The van der Waals surface area contributed by atoms with E-state index in [0.29, 0.717) is 17.4 Å². The summed E-state index contributed by atoms with van der Waals surface area (Å²) in [5.74, 6) is -0.845. The van der Waals surface area contributed by atoms with Crippen LogP contribution >= 0.6 is 7.82 Å². The molecule has 0 aromatic rings. The van der Waals surface area contributed by atoms with E-state index in [2.05, 4.69) is 38.2 Å². The highest BCUT2D eigenvalue weighted by molar-refractivity contribution is 7.45. The van der Waals surface area contributed by atoms with Crippen LogP contribution in [0.4, 0.5) is 0 Å². The number of likely N-dealkylation sites (N-methyl/N-ethyl adjacent to an activating group) is 1. The van der Waals surface area contributed by atoms with E-state index in [0.717, 1.165) is 64.2 Å². The largest absolute Gasteiger partial charge is 0.756 e. The summed E-state index contributed by atoms with van der Waals surface area (Å²) in [6, 6.07) is 0. The fraction of sp³-hybridized carbons (Fsp3) is 0.867. The number of carbonyl (C=O) groups excluding carboxylic acids is 2. The van der Waals surface area contributed by atoms with Crippen molar-refractivity contribution in [2.75, 3.05) is 47.5 Å². The van der Waals surface area contributed by atoms with Crippen LogP contribution in [0.15, 0.2) is 24.3 Å². The molecule has 0 saturated carbocycles. The molecule has 0 bridgehead atoms. The topological polar surface area (TPSA) is 111 Å². The minimum Gasteiger partial charge on any atom is -0.756 e. The molecule has 0 saturated heterocycles. The van der Waals surface area contributed by atoms with Crippen molar-refractivity contribution in [3.05, 3.63) is 24.3 Å². The summed E-state index contributed by atoms with van der Waals surface area (Å²) in [5, 5.41) is 0. The lowest BCUT2D eigenvalue weighted by atomic mass is 10.1. The molecule has 0 fully saturated rings. The summed E-state index contributed by atoms with van der Waals surface area (Å²) in [6.45, 7) is 4.21. The molecule has 0 spiro atoms. The predicted molar refractivity (Wildman–Crippen MR) is 227 cm³/mol. The first kappa shape index (κ1) is 53.5. The van der Waals surface area contributed by atoms with E-state index in [4.69, 9.17) is 18.5 Å². The average molecular weight is 800 g/mol. The minimum absolute atomic E-state index is 0.0318. The van der Waals surface area contributed by atoms with Gasteiger partial charge in [0.25, 0.3) is 7.82 Å². The summed E-state index contributed by atoms with van der Waals surface area (Å²) in [5.41, 5.74) is 0. The zero-order chi connectivity index (χ0) is 40.7. The Hall–Kier alpha value is -1.51. The quantitative estimate of drug-likeness (QED) is 0.0198. The first-order valence-electron chi connectivity index (χ1n) is 22.5. The van der Waals surface area contributed by atoms with Crippen molar-refractivity contribution >= 4 is 19.8 Å². The molecule has 0 rings (SSSR count). The maximum absolute atomic E-state index is 12.7. The average Bonchev–Trinajstić information content (AvgIpc) is 3.13. The fourth-order valence-corrected chi connectivity index (χ4v) is 6.84. The van der Waals surface area contributed by atoms with Gasteiger partial charge >= 0.3 is 11.9 Å². The Balaban J connectivity index is 4.35. The first-order valence-corrected chi connectivity index (χ1v) is 24.0. The third-order valence-electron chi connectivity index (χ3n) is 9.69. The van der Waals surface area contributed by atoms with Crippen LogP contribution in [0.25, 0.3) is 0 Å². The number of quaternary nitrogens is 1. The maximum atomic E-state index is 12.7. The summed E-state index contributed by atoms with van der Waals surface area (Å²) in [4.78, 5) is 37.5. The third kappa shape index (κ3) is 41.9. The lowest BCUT2D eigenvalue weighted by molar-refractivity contribution is -0.870. The normalized spacial score (nSPS) is 13.8. The van der Waals surface area contributed by atoms with E-state index in [1.807, 2.05) is 21.1 Å². The number of unbranched alkanes of at least 4 members (excludes halogenated alkanes) is 23. The van der Waals surface area contributed by atoms with Crippen molar-refractivity contribution in [1.29, 1.82) is 0 Å². The van der Waals surface area contributed by atoms with Crippen molar-refractivity contribution in [2.24, 2.45) is 0 Å². The number of phosphoric ester groups is 1. The molecule has 0 aromatic heterocycles. The van der Waals surface area contributed by atoms with Crippen LogP contribution in [0.2, 0.25) is 0 Å². The highest BCUT2D eigenvalue weighted by Crippen LogP contribution is 2.38. The molecule has 55 heavy (non-hydrogen) atoms. The van der Waals surface area contributed by atoms with E-state index in [9.17, 15) is 19.0 Å². The van der Waals surface area contributed by atoms with Gasteiger partial charge in [0, 0.05) is 12.8 Å². The molecule has 1 unspecified atom stereocenters. The van der Waals surface area contributed by atoms with Gasteiger partial charge in [-0.1, -0.05) is 147 Å². The van der Waals surface area contributed by atoms with Crippen molar-refractivity contribution in [3.8, 4) is 0 Å². The second-order valence-electron chi connectivity index (χ2n) is 16.4. The van der Waals surface area contributed by atoms with Crippen LogP contribution in [0.5, 0.6) is 0 Å². The molecule has 0 amide bonds. The number of hydrogen-bond acceptors (Lipinski definition) is 8. The van der Waals surface area contributed by atoms with Crippen LogP contribution in [0, 0.1) is 0 Å². The molecule has 0 aliphatic heterocycles. The molecule has 9 nitrogen and oxygen atoms in total. The number of phosphoric acid groups is 1. The Kier molecular flexibility index (Phi) is 37.0. The van der Waals surface area contributed by atoms with Crippen molar-refractivity contribution in [1.82, 2.24) is 0 Å². The van der Waals surface area contributed by atoms with Crippen molar-refractivity contribution < 1.29 is 42.1 Å². The standard InChI is InChI=1S/C45H86NO8P/c1-6-8-10-12-14-16-18-20-22-23-24-26-28-30-32-34-36-38-45(48)54-43(42-53-55(49,50)52-40-39-46(3,4)5)41-51-44(47)37-35-33-31-29-27-25-21-19-17-15-13-11-9-7-2/h19-22,43H,6-18,23-42H2,1-5H3/b21-19-,22-20-/t43-/m1/s1. The molecule has 10 heteroatoms. The van der Waals surface area contributed by atoms with Crippen molar-refractivity contribution in [3.63, 3.8) is 0 Å². The number of nitrogens with zero attached hydrogens (tertiary/aromatic N) is 1. The van der Waals surface area contributed by atoms with Gasteiger partial charge in [-0.15, -0.1) is 0 Å². The van der Waals surface area contributed by atoms with E-state index in [1.165, 1.54) is 103 Å². The van der Waals surface area contributed by atoms with E-state index in [-0.39, 0.29) is 26.1 Å². The van der Waals surface area contributed by atoms with Gasteiger partial charge in [-0.2, -0.15) is 0 Å². The zero-order valence-corrected chi connectivity index (χ0v) is 37.3. The summed E-state index contributed by atoms with van der Waals surface area (Å²) in [7, 11) is 1.16. The molecule has 0 radical (unpaired) electrons. The Bertz CT molecular complexity index is 996. The highest BCUT2D eigenvalue weighted by atomic mass is 31.2. The lowest BCUT2D eigenvalue weighted by Crippen LogP contribution is -2.37. The van der Waals surface area contributed by atoms with Crippen LogP contribution < -0.4 is 4.89 Å². The van der Waals surface area contributed by atoms with Gasteiger partial charge in [-0.05, 0) is 64.2 Å². The van der Waals surface area contributed by atoms with Crippen LogP contribution in [0.3, 0.4) is 0 Å². The summed E-state index contributed by atoms with van der Waals surface area (Å²) in [6.07, 6.45) is 40.5. The molecule has 0 aromatic carbocycles. The summed E-state index contributed by atoms with van der Waals surface area (Å²) < 4.78 is 33.9. The van der Waals surface area contributed by atoms with Crippen LogP contribution in [-0.2, 0) is 32.7 Å². The molecule has 324 valence electrons. The van der Waals surface area contributed by atoms with E-state index < -0.39 is 32.5 Å². The van der Waals surface area contributed by atoms with Gasteiger partial charge in [-0.3, -0.25) is 14.2 Å². The zero-order valence-electron chi connectivity index (χ0n) is 36.4. The van der Waals surface area contributed by atoms with Crippen molar-refractivity contribution in [2.45, 2.75) is 206 Å². The predicted octanol–water partition coefficient (Wildman–Crippen LogP) is 12.1. The molecule has 2 atom stereocenters. The van der Waals surface area contributed by atoms with Gasteiger partial charge in [-0.25, -0.2) is 0 Å². The Morgan fingerprint density at radius 3 is 1.35 bits per heavy atom. The molecular weight excluding hydrogens is 713 g/mol. The number of ether oxygens (including phenoxy) is 2. The molecular formula is C45H86NO8P. The summed E-state index contributed by atoms with van der Waals surface area (Å²) >= 11 is 0. The minimum atomic E-state index is -4.62. The molecule has 0 N–H and O–H groups in total. The Morgan fingerprint density at radius 1 is 0.545 bits per heavy atom. The smallest absolute Gasteiger partial charge is 0.306 e. The third-order valence-corrected chi connectivity index (χ3v) is 10.7. The second-order valence-corrected chi connectivity index (χ2v) is 17.8. The van der Waals surface area contributed by atoms with Gasteiger partial charge in [0.15, 0.2) is 6.10 Å². The first-order chi connectivity index (χ1) is 26.5. The fourth-order valence-electron chi connectivity index (χ4n) is 6.11. The SMILES string of the molecule is CCCCCCC/C=C\CCCCCCCC(=O)OC[C@H](COP(=O)([O-])OCC[N+](C)(C)C)OC(=O)CCCCCCCCC/C=C\CCCCCCCC. The van der Waals surface area contributed by atoms with E-state index in [1.54, 1.807) is 0 Å². The highest BCUT2D eigenvalue weighted by Gasteiger charge is 2.21. The van der Waals surface area contributed by atoms with E-state index >= 15 is 0 Å². The number of hydrogen-bond donors (Lipinski definition) is 0. The second kappa shape index (κ2) is 38.0. The molecule has 0 aliphatic rings. The van der Waals surface area contributed by atoms with Gasteiger partial charge in [0.05, 0.1) is 27.7 Å². The van der Waals surface area contributed by atoms with Gasteiger partial charge in [0.2, 0.25) is 0 Å².